The molecule has 0 aliphatic heterocycles. The standard InChI is InChI=1S/C12H18N2O3/c1-8-3-4-11(13)10(5-8)12(16)14-9(6-15)7-17-2/h3-5,9,15H,6-7,13H2,1-2H3,(H,14,16). The molecule has 5 heteroatoms. The predicted molar refractivity (Wildman–Crippen MR) is 65.8 cm³/mol. The summed E-state index contributed by atoms with van der Waals surface area (Å²) in [5.41, 5.74) is 7.52. The Labute approximate surface area is 101 Å². The smallest absolute Gasteiger partial charge is 0.253 e. The summed E-state index contributed by atoms with van der Waals surface area (Å²) in [6.07, 6.45) is 0. The molecule has 1 unspecified atom stereocenters. The van der Waals surface area contributed by atoms with Crippen LogP contribution in [0.15, 0.2) is 18.2 Å². The summed E-state index contributed by atoms with van der Waals surface area (Å²) in [6.45, 7) is 1.97. The second-order valence-corrected chi connectivity index (χ2v) is 3.90. The zero-order chi connectivity index (χ0) is 12.8. The average molecular weight is 238 g/mol. The van der Waals surface area contributed by atoms with Gasteiger partial charge in [-0.25, -0.2) is 0 Å². The second kappa shape index (κ2) is 6.22. The third-order valence-corrected chi connectivity index (χ3v) is 2.38. The first-order chi connectivity index (χ1) is 8.08. The van der Waals surface area contributed by atoms with Gasteiger partial charge in [0.1, 0.15) is 0 Å². The van der Waals surface area contributed by atoms with Crippen LogP contribution >= 0.6 is 0 Å². The molecule has 1 amide bonds. The molecule has 94 valence electrons. The highest BCUT2D eigenvalue weighted by Crippen LogP contribution is 2.13. The van der Waals surface area contributed by atoms with Crippen LogP contribution in [0.25, 0.3) is 0 Å². The van der Waals surface area contributed by atoms with Crippen molar-refractivity contribution in [1.82, 2.24) is 5.32 Å². The number of aliphatic hydroxyl groups excluding tert-OH is 1. The fourth-order valence-corrected chi connectivity index (χ4v) is 1.47. The van der Waals surface area contributed by atoms with Crippen LogP contribution in [0.2, 0.25) is 0 Å². The van der Waals surface area contributed by atoms with Crippen molar-refractivity contribution >= 4 is 11.6 Å². The Bertz CT molecular complexity index is 393. The highest BCUT2D eigenvalue weighted by molar-refractivity contribution is 5.99. The van der Waals surface area contributed by atoms with Crippen molar-refractivity contribution in [2.45, 2.75) is 13.0 Å². The maximum Gasteiger partial charge on any atom is 0.253 e. The maximum absolute atomic E-state index is 11.9. The Morgan fingerprint density at radius 3 is 2.88 bits per heavy atom. The number of amides is 1. The van der Waals surface area contributed by atoms with E-state index in [1.807, 2.05) is 13.0 Å². The zero-order valence-electron chi connectivity index (χ0n) is 10.1. The summed E-state index contributed by atoms with van der Waals surface area (Å²) in [5.74, 6) is -0.303. The number of nitrogen functional groups attached to an aromatic ring is 1. The lowest BCUT2D eigenvalue weighted by atomic mass is 10.1. The Kier molecular flexibility index (Phi) is 4.93. The lowest BCUT2D eigenvalue weighted by Crippen LogP contribution is -2.40. The van der Waals surface area contributed by atoms with Crippen molar-refractivity contribution in [3.05, 3.63) is 29.3 Å². The van der Waals surface area contributed by atoms with E-state index in [2.05, 4.69) is 5.32 Å². The van der Waals surface area contributed by atoms with Crippen LogP contribution in [0, 0.1) is 6.92 Å². The summed E-state index contributed by atoms with van der Waals surface area (Å²) in [7, 11) is 1.51. The predicted octanol–water partition coefficient (Wildman–Crippen LogP) is 0.314. The number of ether oxygens (including phenoxy) is 1. The second-order valence-electron chi connectivity index (χ2n) is 3.90. The first-order valence-electron chi connectivity index (χ1n) is 5.35. The van der Waals surface area contributed by atoms with Crippen LogP contribution in [-0.4, -0.2) is 37.4 Å². The third-order valence-electron chi connectivity index (χ3n) is 2.38. The van der Waals surface area contributed by atoms with Gasteiger partial charge in [-0.15, -0.1) is 0 Å². The van der Waals surface area contributed by atoms with E-state index in [-0.39, 0.29) is 19.1 Å². The van der Waals surface area contributed by atoms with Crippen molar-refractivity contribution in [2.75, 3.05) is 26.1 Å². The molecule has 17 heavy (non-hydrogen) atoms. The first kappa shape index (κ1) is 13.5. The van der Waals surface area contributed by atoms with Crippen molar-refractivity contribution in [3.8, 4) is 0 Å². The zero-order valence-corrected chi connectivity index (χ0v) is 10.1. The number of carbonyl (C=O) groups is 1. The van der Waals surface area contributed by atoms with Gasteiger partial charge in [0.15, 0.2) is 0 Å². The topological polar surface area (TPSA) is 84.6 Å². The molecule has 1 rings (SSSR count). The molecule has 0 radical (unpaired) electrons. The molecule has 1 aromatic carbocycles. The number of anilines is 1. The number of hydrogen-bond acceptors (Lipinski definition) is 4. The van der Waals surface area contributed by atoms with Crippen LogP contribution in [-0.2, 0) is 4.74 Å². The summed E-state index contributed by atoms with van der Waals surface area (Å²) in [5, 5.41) is 11.7. The third kappa shape index (κ3) is 3.72. The number of nitrogens with one attached hydrogen (secondary N) is 1. The summed E-state index contributed by atoms with van der Waals surface area (Å²) in [4.78, 5) is 11.9. The van der Waals surface area contributed by atoms with E-state index < -0.39 is 6.04 Å². The van der Waals surface area contributed by atoms with E-state index in [1.165, 1.54) is 7.11 Å². The number of benzene rings is 1. The van der Waals surface area contributed by atoms with Gasteiger partial charge in [0.25, 0.3) is 5.91 Å². The largest absolute Gasteiger partial charge is 0.398 e. The van der Waals surface area contributed by atoms with E-state index in [0.717, 1.165) is 5.56 Å². The molecule has 0 bridgehead atoms. The van der Waals surface area contributed by atoms with E-state index in [4.69, 9.17) is 15.6 Å². The molecular weight excluding hydrogens is 220 g/mol. The minimum absolute atomic E-state index is 0.175. The number of methoxy groups -OCH3 is 1. The number of aryl methyl sites for hydroxylation is 1. The average Bonchev–Trinajstić information content (AvgIpc) is 2.31. The minimum atomic E-state index is -0.424. The van der Waals surface area contributed by atoms with Gasteiger partial charge in [-0.2, -0.15) is 0 Å². The lowest BCUT2D eigenvalue weighted by Gasteiger charge is -2.16. The molecule has 0 spiro atoms. The molecule has 4 N–H and O–H groups in total. The number of nitrogens with two attached hydrogens (primary N) is 1. The van der Waals surface area contributed by atoms with E-state index in [9.17, 15) is 4.79 Å². The SMILES string of the molecule is COCC(CO)NC(=O)c1cc(C)ccc1N. The van der Waals surface area contributed by atoms with Crippen LogP contribution < -0.4 is 11.1 Å². The quantitative estimate of drug-likeness (QED) is 0.645. The van der Waals surface area contributed by atoms with Crippen molar-refractivity contribution in [1.29, 1.82) is 0 Å². The van der Waals surface area contributed by atoms with Crippen molar-refractivity contribution < 1.29 is 14.6 Å². The van der Waals surface area contributed by atoms with Gasteiger partial charge >= 0.3 is 0 Å². The molecule has 0 saturated heterocycles. The number of rotatable bonds is 5. The summed E-state index contributed by atoms with van der Waals surface area (Å²) < 4.78 is 4.88. The number of hydrogen-bond donors (Lipinski definition) is 3. The minimum Gasteiger partial charge on any atom is -0.398 e. The van der Waals surface area contributed by atoms with Gasteiger partial charge in [0, 0.05) is 12.8 Å². The molecule has 0 aromatic heterocycles. The fraction of sp³-hybridized carbons (Fsp3) is 0.417. The Morgan fingerprint density at radius 1 is 1.59 bits per heavy atom. The van der Waals surface area contributed by atoms with Crippen molar-refractivity contribution in [2.24, 2.45) is 0 Å². The first-order valence-corrected chi connectivity index (χ1v) is 5.35. The van der Waals surface area contributed by atoms with Crippen LogP contribution in [0.1, 0.15) is 15.9 Å². The maximum atomic E-state index is 11.9. The molecule has 1 atom stereocenters. The molecule has 0 aliphatic rings. The van der Waals surface area contributed by atoms with E-state index in [1.54, 1.807) is 12.1 Å². The van der Waals surface area contributed by atoms with E-state index >= 15 is 0 Å². The Morgan fingerprint density at radius 2 is 2.29 bits per heavy atom. The van der Waals surface area contributed by atoms with Crippen LogP contribution in [0.4, 0.5) is 5.69 Å². The highest BCUT2D eigenvalue weighted by Gasteiger charge is 2.14. The van der Waals surface area contributed by atoms with Gasteiger partial charge in [-0.1, -0.05) is 11.6 Å². The number of aliphatic hydroxyl groups is 1. The molecular formula is C12H18N2O3. The van der Waals surface area contributed by atoms with Crippen LogP contribution in [0.5, 0.6) is 0 Å². The summed E-state index contributed by atoms with van der Waals surface area (Å²) >= 11 is 0. The molecule has 1 aromatic rings. The monoisotopic (exact) mass is 238 g/mol. The molecule has 0 aliphatic carbocycles. The number of carbonyl (C=O) groups excluding carboxylic acids is 1. The van der Waals surface area contributed by atoms with E-state index in [0.29, 0.717) is 11.3 Å². The molecule has 5 nitrogen and oxygen atoms in total. The van der Waals surface area contributed by atoms with Crippen LogP contribution in [0.3, 0.4) is 0 Å². The van der Waals surface area contributed by atoms with Crippen molar-refractivity contribution in [3.63, 3.8) is 0 Å². The fourth-order valence-electron chi connectivity index (χ4n) is 1.47. The normalized spacial score (nSPS) is 12.2. The summed E-state index contributed by atoms with van der Waals surface area (Å²) in [6, 6.07) is 4.82. The highest BCUT2D eigenvalue weighted by atomic mass is 16.5. The molecule has 0 saturated carbocycles. The Balaban J connectivity index is 2.78. The van der Waals surface area contributed by atoms with Gasteiger partial charge in [-0.3, -0.25) is 4.79 Å². The molecule has 0 heterocycles. The van der Waals surface area contributed by atoms with Gasteiger partial charge in [0.2, 0.25) is 0 Å². The molecule has 0 fully saturated rings. The van der Waals surface area contributed by atoms with Gasteiger partial charge in [-0.05, 0) is 19.1 Å². The Hall–Kier alpha value is -1.59. The van der Waals surface area contributed by atoms with Gasteiger partial charge in [0.05, 0.1) is 24.8 Å². The van der Waals surface area contributed by atoms with Gasteiger partial charge < -0.3 is 20.9 Å². The lowest BCUT2D eigenvalue weighted by molar-refractivity contribution is 0.0840.